The van der Waals surface area contributed by atoms with E-state index in [0.717, 1.165) is 22.8 Å². The molecule has 0 aliphatic rings. The van der Waals surface area contributed by atoms with Crippen LogP contribution in [0, 0.1) is 0 Å². The van der Waals surface area contributed by atoms with Gasteiger partial charge in [-0.2, -0.15) is 0 Å². The van der Waals surface area contributed by atoms with E-state index < -0.39 is 5.97 Å². The number of carboxylic acids is 1. The molecule has 0 saturated carbocycles. The number of pyridine rings is 1. The molecule has 106 valence electrons. The lowest BCUT2D eigenvalue weighted by Crippen LogP contribution is -2.12. The molecule has 0 amide bonds. The van der Waals surface area contributed by atoms with Crippen molar-refractivity contribution in [2.75, 3.05) is 5.75 Å². The molecule has 1 atom stereocenters. The Morgan fingerprint density at radius 1 is 1.45 bits per heavy atom. The highest BCUT2D eigenvalue weighted by Gasteiger charge is 2.17. The highest BCUT2D eigenvalue weighted by molar-refractivity contribution is 7.99. The predicted molar refractivity (Wildman–Crippen MR) is 78.0 cm³/mol. The monoisotopic (exact) mass is 291 g/mol. The molecule has 0 radical (unpaired) electrons. The number of aliphatic carboxylic acids is 1. The molecule has 0 aliphatic carbocycles. The Bertz CT molecular complexity index is 583. The van der Waals surface area contributed by atoms with E-state index in [1.54, 1.807) is 12.4 Å². The molecule has 0 fully saturated rings. The Morgan fingerprint density at radius 2 is 2.15 bits per heavy atom. The first-order chi connectivity index (χ1) is 9.63. The second-order valence-electron chi connectivity index (χ2n) is 4.39. The maximum atomic E-state index is 10.7. The van der Waals surface area contributed by atoms with Gasteiger partial charge in [-0.15, -0.1) is 0 Å². The Kier molecular flexibility index (Phi) is 4.79. The third kappa shape index (κ3) is 3.19. The van der Waals surface area contributed by atoms with Crippen molar-refractivity contribution in [2.24, 2.45) is 0 Å². The van der Waals surface area contributed by atoms with Gasteiger partial charge in [-0.3, -0.25) is 9.78 Å². The first-order valence-electron chi connectivity index (χ1n) is 6.44. The number of nitrogens with zero attached hydrogens (tertiary/aromatic N) is 3. The SMILES string of the molecule is CCc1cnc(SCC(=O)O)n1C(C)c1ccncc1. The topological polar surface area (TPSA) is 68.0 Å². The summed E-state index contributed by atoms with van der Waals surface area (Å²) >= 11 is 1.25. The summed E-state index contributed by atoms with van der Waals surface area (Å²) in [7, 11) is 0. The molecule has 0 saturated heterocycles. The van der Waals surface area contributed by atoms with Gasteiger partial charge in [0.1, 0.15) is 0 Å². The summed E-state index contributed by atoms with van der Waals surface area (Å²) < 4.78 is 2.10. The average molecular weight is 291 g/mol. The van der Waals surface area contributed by atoms with Crippen molar-refractivity contribution in [2.45, 2.75) is 31.5 Å². The summed E-state index contributed by atoms with van der Waals surface area (Å²) in [5.41, 5.74) is 2.23. The van der Waals surface area contributed by atoms with Crippen molar-refractivity contribution in [1.29, 1.82) is 0 Å². The van der Waals surface area contributed by atoms with Crippen LogP contribution in [0.1, 0.15) is 31.1 Å². The van der Waals surface area contributed by atoms with E-state index in [4.69, 9.17) is 5.11 Å². The number of carboxylic acid groups (broad SMARTS) is 1. The van der Waals surface area contributed by atoms with Crippen molar-refractivity contribution in [3.8, 4) is 0 Å². The van der Waals surface area contributed by atoms with Crippen LogP contribution in [0.2, 0.25) is 0 Å². The van der Waals surface area contributed by atoms with E-state index in [1.807, 2.05) is 18.3 Å². The molecule has 5 nitrogen and oxygen atoms in total. The number of rotatable bonds is 6. The molecule has 2 rings (SSSR count). The fraction of sp³-hybridized carbons (Fsp3) is 0.357. The van der Waals surface area contributed by atoms with Crippen LogP contribution in [0.4, 0.5) is 0 Å². The normalized spacial score (nSPS) is 12.3. The number of aromatic nitrogens is 3. The number of carbonyl (C=O) groups is 1. The Labute approximate surface area is 122 Å². The number of hydrogen-bond acceptors (Lipinski definition) is 4. The maximum absolute atomic E-state index is 10.7. The van der Waals surface area contributed by atoms with E-state index in [0.29, 0.717) is 0 Å². The third-order valence-electron chi connectivity index (χ3n) is 3.10. The van der Waals surface area contributed by atoms with Gasteiger partial charge in [0, 0.05) is 24.3 Å². The predicted octanol–water partition coefficient (Wildman–Crippen LogP) is 2.63. The second kappa shape index (κ2) is 6.56. The molecule has 6 heteroatoms. The zero-order valence-corrected chi connectivity index (χ0v) is 12.3. The summed E-state index contributed by atoms with van der Waals surface area (Å²) in [5.74, 6) is -0.817. The standard InChI is InChI=1S/C14H17N3O2S/c1-3-12-8-16-14(20-9-13(18)19)17(12)10(2)11-4-6-15-7-5-11/h4-8,10H,3,9H2,1-2H3,(H,18,19). The van der Waals surface area contributed by atoms with Crippen LogP contribution >= 0.6 is 11.8 Å². The molecular formula is C14H17N3O2S. The Hall–Kier alpha value is -1.82. The average Bonchev–Trinajstić information content (AvgIpc) is 2.88. The van der Waals surface area contributed by atoms with Gasteiger partial charge in [-0.1, -0.05) is 18.7 Å². The number of thioether (sulfide) groups is 1. The van der Waals surface area contributed by atoms with Gasteiger partial charge in [-0.05, 0) is 31.0 Å². The van der Waals surface area contributed by atoms with Crippen LogP contribution in [0.3, 0.4) is 0 Å². The van der Waals surface area contributed by atoms with Gasteiger partial charge < -0.3 is 9.67 Å². The van der Waals surface area contributed by atoms with Gasteiger partial charge in [0.25, 0.3) is 0 Å². The lowest BCUT2D eigenvalue weighted by atomic mass is 10.1. The smallest absolute Gasteiger partial charge is 0.313 e. The van der Waals surface area contributed by atoms with E-state index in [-0.39, 0.29) is 11.8 Å². The molecule has 2 aromatic heterocycles. The van der Waals surface area contributed by atoms with Crippen molar-refractivity contribution in [3.05, 3.63) is 42.0 Å². The maximum Gasteiger partial charge on any atom is 0.313 e. The Morgan fingerprint density at radius 3 is 2.75 bits per heavy atom. The molecule has 0 bridgehead atoms. The molecule has 0 aromatic carbocycles. The molecule has 1 unspecified atom stereocenters. The van der Waals surface area contributed by atoms with Crippen molar-refractivity contribution in [1.82, 2.24) is 14.5 Å². The Balaban J connectivity index is 2.33. The highest BCUT2D eigenvalue weighted by atomic mass is 32.2. The summed E-state index contributed by atoms with van der Waals surface area (Å²) in [6.07, 6.45) is 6.20. The van der Waals surface area contributed by atoms with Crippen molar-refractivity contribution >= 4 is 17.7 Å². The van der Waals surface area contributed by atoms with Crippen LogP contribution in [0.25, 0.3) is 0 Å². The summed E-state index contributed by atoms with van der Waals surface area (Å²) in [6, 6.07) is 4.04. The molecular weight excluding hydrogens is 274 g/mol. The quantitative estimate of drug-likeness (QED) is 0.829. The molecule has 20 heavy (non-hydrogen) atoms. The van der Waals surface area contributed by atoms with Crippen LogP contribution in [0.15, 0.2) is 35.9 Å². The van der Waals surface area contributed by atoms with Gasteiger partial charge >= 0.3 is 5.97 Å². The minimum Gasteiger partial charge on any atom is -0.481 e. The van der Waals surface area contributed by atoms with Gasteiger partial charge in [0.2, 0.25) is 0 Å². The van der Waals surface area contributed by atoms with E-state index in [9.17, 15) is 4.79 Å². The van der Waals surface area contributed by atoms with Gasteiger partial charge in [0.05, 0.1) is 11.8 Å². The molecule has 2 aromatic rings. The number of hydrogen-bond donors (Lipinski definition) is 1. The van der Waals surface area contributed by atoms with Gasteiger partial charge in [-0.25, -0.2) is 4.98 Å². The minimum absolute atomic E-state index is 0.0171. The summed E-state index contributed by atoms with van der Waals surface area (Å²) in [5, 5.41) is 9.56. The summed E-state index contributed by atoms with van der Waals surface area (Å²) in [4.78, 5) is 19.1. The largest absolute Gasteiger partial charge is 0.481 e. The van der Waals surface area contributed by atoms with Crippen LogP contribution < -0.4 is 0 Å². The zero-order chi connectivity index (χ0) is 14.5. The molecule has 1 N–H and O–H groups in total. The van der Waals surface area contributed by atoms with Crippen LogP contribution in [-0.2, 0) is 11.2 Å². The fourth-order valence-corrected chi connectivity index (χ4v) is 2.87. The molecule has 2 heterocycles. The molecule has 0 aliphatic heterocycles. The second-order valence-corrected chi connectivity index (χ2v) is 5.34. The number of imidazole rings is 1. The fourth-order valence-electron chi connectivity index (χ4n) is 2.08. The van der Waals surface area contributed by atoms with E-state index in [2.05, 4.69) is 28.4 Å². The number of aryl methyl sites for hydroxylation is 1. The lowest BCUT2D eigenvalue weighted by molar-refractivity contribution is -0.133. The first-order valence-corrected chi connectivity index (χ1v) is 7.42. The zero-order valence-electron chi connectivity index (χ0n) is 11.5. The minimum atomic E-state index is -0.834. The van der Waals surface area contributed by atoms with Gasteiger partial charge in [0.15, 0.2) is 5.16 Å². The van der Waals surface area contributed by atoms with E-state index in [1.165, 1.54) is 11.8 Å². The van der Waals surface area contributed by atoms with Crippen molar-refractivity contribution < 1.29 is 9.90 Å². The first kappa shape index (κ1) is 14.6. The molecule has 0 spiro atoms. The lowest BCUT2D eigenvalue weighted by Gasteiger charge is -2.19. The highest BCUT2D eigenvalue weighted by Crippen LogP contribution is 2.27. The van der Waals surface area contributed by atoms with Crippen LogP contribution in [-0.4, -0.2) is 31.4 Å². The van der Waals surface area contributed by atoms with Crippen LogP contribution in [0.5, 0.6) is 0 Å². The summed E-state index contributed by atoms with van der Waals surface area (Å²) in [6.45, 7) is 4.15. The third-order valence-corrected chi connectivity index (χ3v) is 4.05. The van der Waals surface area contributed by atoms with E-state index >= 15 is 0 Å². The van der Waals surface area contributed by atoms with Crippen molar-refractivity contribution in [3.63, 3.8) is 0 Å².